The first-order valence-corrected chi connectivity index (χ1v) is 9.38. The Kier molecular flexibility index (Phi) is 8.00. The largest absolute Gasteiger partial charge is 0.496 e. The Bertz CT molecular complexity index is 565. The number of ether oxygens (including phenoxy) is 3. The SMILES string of the molecule is COc1cc(OC)c(OC)cc1CN1CCN(CC(C)C)[C@H](CCO)C1. The van der Waals surface area contributed by atoms with Crippen LogP contribution >= 0.6 is 0 Å². The van der Waals surface area contributed by atoms with E-state index in [9.17, 15) is 5.11 Å². The molecular weight excluding hydrogens is 332 g/mol. The lowest BCUT2D eigenvalue weighted by Gasteiger charge is -2.42. The van der Waals surface area contributed by atoms with Gasteiger partial charge in [0.2, 0.25) is 0 Å². The van der Waals surface area contributed by atoms with Gasteiger partial charge in [-0.3, -0.25) is 9.80 Å². The Labute approximate surface area is 157 Å². The molecule has 0 amide bonds. The van der Waals surface area contributed by atoms with Gasteiger partial charge in [-0.2, -0.15) is 0 Å². The Balaban J connectivity index is 2.13. The molecule has 1 heterocycles. The van der Waals surface area contributed by atoms with Crippen LogP contribution < -0.4 is 14.2 Å². The van der Waals surface area contributed by atoms with Crippen molar-refractivity contribution in [3.05, 3.63) is 17.7 Å². The van der Waals surface area contributed by atoms with Crippen molar-refractivity contribution >= 4 is 0 Å². The Morgan fingerprint density at radius 2 is 1.69 bits per heavy atom. The lowest BCUT2D eigenvalue weighted by atomic mass is 10.0. The first kappa shape index (κ1) is 20.8. The highest BCUT2D eigenvalue weighted by molar-refractivity contribution is 5.50. The van der Waals surface area contributed by atoms with Crippen LogP contribution in [0.1, 0.15) is 25.8 Å². The van der Waals surface area contributed by atoms with Crippen LogP contribution in [0.4, 0.5) is 0 Å². The van der Waals surface area contributed by atoms with Crippen LogP contribution in [0.15, 0.2) is 12.1 Å². The van der Waals surface area contributed by atoms with Crippen molar-refractivity contribution in [1.82, 2.24) is 9.80 Å². The quantitative estimate of drug-likeness (QED) is 0.723. The van der Waals surface area contributed by atoms with E-state index in [1.165, 1.54) is 0 Å². The molecule has 1 fully saturated rings. The van der Waals surface area contributed by atoms with E-state index in [1.54, 1.807) is 21.3 Å². The number of hydrogen-bond donors (Lipinski definition) is 1. The number of piperazine rings is 1. The van der Waals surface area contributed by atoms with Crippen molar-refractivity contribution in [3.63, 3.8) is 0 Å². The van der Waals surface area contributed by atoms with Crippen LogP contribution in [0.5, 0.6) is 17.2 Å². The second-order valence-corrected chi connectivity index (χ2v) is 7.31. The molecule has 1 aliphatic rings. The molecule has 1 saturated heterocycles. The summed E-state index contributed by atoms with van der Waals surface area (Å²) in [6.45, 7) is 9.58. The number of aliphatic hydroxyl groups is 1. The number of aliphatic hydroxyl groups excluding tert-OH is 1. The van der Waals surface area contributed by atoms with Gasteiger partial charge >= 0.3 is 0 Å². The first-order chi connectivity index (χ1) is 12.5. The summed E-state index contributed by atoms with van der Waals surface area (Å²) in [4.78, 5) is 4.95. The fourth-order valence-corrected chi connectivity index (χ4v) is 3.69. The van der Waals surface area contributed by atoms with Gasteiger partial charge in [0, 0.05) is 57.0 Å². The summed E-state index contributed by atoms with van der Waals surface area (Å²) in [6.07, 6.45) is 0.812. The second kappa shape index (κ2) is 10.00. The minimum Gasteiger partial charge on any atom is -0.496 e. The minimum atomic E-state index is 0.229. The molecule has 0 radical (unpaired) electrons. The van der Waals surface area contributed by atoms with Crippen molar-refractivity contribution in [3.8, 4) is 17.2 Å². The summed E-state index contributed by atoms with van der Waals surface area (Å²) in [5, 5.41) is 9.46. The normalized spacial score (nSPS) is 19.0. The number of methoxy groups -OCH3 is 3. The third kappa shape index (κ3) is 5.25. The van der Waals surface area contributed by atoms with E-state index >= 15 is 0 Å². The van der Waals surface area contributed by atoms with Gasteiger partial charge < -0.3 is 19.3 Å². The van der Waals surface area contributed by atoms with E-state index in [2.05, 4.69) is 23.6 Å². The monoisotopic (exact) mass is 366 g/mol. The molecule has 26 heavy (non-hydrogen) atoms. The third-order valence-corrected chi connectivity index (χ3v) is 4.93. The summed E-state index contributed by atoms with van der Waals surface area (Å²) in [5.74, 6) is 2.83. The molecule has 1 N–H and O–H groups in total. The maximum absolute atomic E-state index is 9.46. The van der Waals surface area contributed by atoms with E-state index in [1.807, 2.05) is 12.1 Å². The smallest absolute Gasteiger partial charge is 0.164 e. The van der Waals surface area contributed by atoms with Gasteiger partial charge in [0.15, 0.2) is 11.5 Å². The number of benzene rings is 1. The molecule has 1 aromatic rings. The summed E-state index contributed by atoms with van der Waals surface area (Å²) in [5.41, 5.74) is 1.09. The molecule has 0 spiro atoms. The van der Waals surface area contributed by atoms with Gasteiger partial charge in [0.1, 0.15) is 5.75 Å². The summed E-state index contributed by atoms with van der Waals surface area (Å²) in [7, 11) is 4.96. The van der Waals surface area contributed by atoms with Crippen LogP contribution in [0, 0.1) is 5.92 Å². The molecule has 0 saturated carbocycles. The topological polar surface area (TPSA) is 54.4 Å². The fraction of sp³-hybridized carbons (Fsp3) is 0.700. The van der Waals surface area contributed by atoms with Crippen LogP contribution in [0.3, 0.4) is 0 Å². The highest BCUT2D eigenvalue weighted by Gasteiger charge is 2.27. The van der Waals surface area contributed by atoms with Crippen molar-refractivity contribution in [2.75, 3.05) is 54.1 Å². The molecule has 0 aromatic heterocycles. The van der Waals surface area contributed by atoms with E-state index in [0.29, 0.717) is 23.5 Å². The Morgan fingerprint density at radius 1 is 1.04 bits per heavy atom. The standard InChI is InChI=1S/C20H34N2O4/c1-15(2)12-22-8-7-21(14-17(22)6-9-23)13-16-10-19(25-4)20(26-5)11-18(16)24-3/h10-11,15,17,23H,6-9,12-14H2,1-5H3/t17-/m1/s1. The molecule has 0 bridgehead atoms. The van der Waals surface area contributed by atoms with E-state index in [-0.39, 0.29) is 6.61 Å². The van der Waals surface area contributed by atoms with Crippen molar-refractivity contribution in [2.24, 2.45) is 5.92 Å². The molecule has 0 unspecified atom stereocenters. The van der Waals surface area contributed by atoms with Gasteiger partial charge in [0.05, 0.1) is 21.3 Å². The molecule has 6 heteroatoms. The lowest BCUT2D eigenvalue weighted by Crippen LogP contribution is -2.53. The average molecular weight is 367 g/mol. The van der Waals surface area contributed by atoms with Gasteiger partial charge in [-0.05, 0) is 18.4 Å². The molecule has 148 valence electrons. The van der Waals surface area contributed by atoms with Crippen LogP contribution in [-0.4, -0.2) is 75.1 Å². The first-order valence-electron chi connectivity index (χ1n) is 9.38. The van der Waals surface area contributed by atoms with Gasteiger partial charge in [-0.15, -0.1) is 0 Å². The second-order valence-electron chi connectivity index (χ2n) is 7.31. The zero-order valence-electron chi connectivity index (χ0n) is 16.8. The van der Waals surface area contributed by atoms with Gasteiger partial charge in [-0.1, -0.05) is 13.8 Å². The highest BCUT2D eigenvalue weighted by Crippen LogP contribution is 2.35. The summed E-state index contributed by atoms with van der Waals surface area (Å²) < 4.78 is 16.4. The molecule has 0 aliphatic carbocycles. The fourth-order valence-electron chi connectivity index (χ4n) is 3.69. The molecule has 6 nitrogen and oxygen atoms in total. The van der Waals surface area contributed by atoms with Crippen molar-refractivity contribution in [1.29, 1.82) is 0 Å². The minimum absolute atomic E-state index is 0.229. The van der Waals surface area contributed by atoms with Gasteiger partial charge in [-0.25, -0.2) is 0 Å². The average Bonchev–Trinajstić information content (AvgIpc) is 2.63. The maximum Gasteiger partial charge on any atom is 0.164 e. The number of nitrogens with zero attached hydrogens (tertiary/aromatic N) is 2. The maximum atomic E-state index is 9.46. The van der Waals surface area contributed by atoms with Crippen LogP contribution in [0.2, 0.25) is 0 Å². The molecular formula is C20H34N2O4. The molecule has 1 atom stereocenters. The summed E-state index contributed by atoms with van der Waals surface area (Å²) in [6, 6.07) is 4.27. The van der Waals surface area contributed by atoms with Gasteiger partial charge in [0.25, 0.3) is 0 Å². The van der Waals surface area contributed by atoms with E-state index in [0.717, 1.165) is 50.5 Å². The highest BCUT2D eigenvalue weighted by atomic mass is 16.5. The van der Waals surface area contributed by atoms with E-state index in [4.69, 9.17) is 14.2 Å². The molecule has 1 aromatic carbocycles. The van der Waals surface area contributed by atoms with Crippen LogP contribution in [-0.2, 0) is 6.54 Å². The van der Waals surface area contributed by atoms with Crippen molar-refractivity contribution < 1.29 is 19.3 Å². The predicted octanol–water partition coefficient (Wildman–Crippen LogP) is 2.24. The molecule has 2 rings (SSSR count). The van der Waals surface area contributed by atoms with Crippen LogP contribution in [0.25, 0.3) is 0 Å². The predicted molar refractivity (Wildman–Crippen MR) is 103 cm³/mol. The zero-order valence-corrected chi connectivity index (χ0v) is 16.8. The Morgan fingerprint density at radius 3 is 2.27 bits per heavy atom. The lowest BCUT2D eigenvalue weighted by molar-refractivity contribution is 0.0473. The molecule has 1 aliphatic heterocycles. The summed E-state index contributed by atoms with van der Waals surface area (Å²) >= 11 is 0. The zero-order chi connectivity index (χ0) is 19.1. The number of rotatable bonds is 9. The van der Waals surface area contributed by atoms with E-state index < -0.39 is 0 Å². The third-order valence-electron chi connectivity index (χ3n) is 4.93. The van der Waals surface area contributed by atoms with Crippen molar-refractivity contribution in [2.45, 2.75) is 32.9 Å². The number of hydrogen-bond acceptors (Lipinski definition) is 6. The Hall–Kier alpha value is -1.50.